The maximum absolute atomic E-state index is 12.8. The van der Waals surface area contributed by atoms with Gasteiger partial charge in [0.1, 0.15) is 6.04 Å². The Morgan fingerprint density at radius 1 is 1.00 bits per heavy atom. The summed E-state index contributed by atoms with van der Waals surface area (Å²) < 4.78 is 5.15. The highest BCUT2D eigenvalue weighted by Crippen LogP contribution is 2.27. The molecular formula is C22H21ClN2O5. The number of benzene rings is 2. The average Bonchev–Trinajstić information content (AvgIpc) is 2.97. The van der Waals surface area contributed by atoms with Crippen LogP contribution >= 0.6 is 11.6 Å². The van der Waals surface area contributed by atoms with Crippen LogP contribution in [0, 0.1) is 5.92 Å². The van der Waals surface area contributed by atoms with Crippen LogP contribution in [-0.4, -0.2) is 41.2 Å². The van der Waals surface area contributed by atoms with Gasteiger partial charge in [0, 0.05) is 0 Å². The molecule has 0 spiro atoms. The number of hydrogen-bond donors (Lipinski definition) is 1. The highest BCUT2D eigenvalue weighted by molar-refractivity contribution is 6.33. The molecule has 0 aromatic heterocycles. The Bertz CT molecular complexity index is 970. The van der Waals surface area contributed by atoms with Crippen LogP contribution in [-0.2, 0) is 14.3 Å². The minimum Gasteiger partial charge on any atom is -0.454 e. The van der Waals surface area contributed by atoms with Gasteiger partial charge in [-0.05, 0) is 36.6 Å². The fourth-order valence-corrected chi connectivity index (χ4v) is 3.41. The van der Waals surface area contributed by atoms with E-state index in [0.29, 0.717) is 10.7 Å². The van der Waals surface area contributed by atoms with E-state index in [-0.39, 0.29) is 23.5 Å². The van der Waals surface area contributed by atoms with Crippen LogP contribution in [0.2, 0.25) is 5.02 Å². The van der Waals surface area contributed by atoms with Crippen molar-refractivity contribution in [2.75, 3.05) is 11.9 Å². The zero-order valence-corrected chi connectivity index (χ0v) is 17.3. The van der Waals surface area contributed by atoms with Crippen molar-refractivity contribution in [2.24, 2.45) is 5.92 Å². The van der Waals surface area contributed by atoms with Gasteiger partial charge >= 0.3 is 5.97 Å². The first-order valence-electron chi connectivity index (χ1n) is 9.47. The Morgan fingerprint density at radius 2 is 1.57 bits per heavy atom. The number of para-hydroxylation sites is 1. The molecule has 3 amide bonds. The summed E-state index contributed by atoms with van der Waals surface area (Å²) in [5.74, 6) is -2.48. The maximum atomic E-state index is 12.8. The van der Waals surface area contributed by atoms with Gasteiger partial charge < -0.3 is 10.1 Å². The second kappa shape index (κ2) is 9.09. The summed E-state index contributed by atoms with van der Waals surface area (Å²) in [6.07, 6.45) is 0.219. The third-order valence-electron chi connectivity index (χ3n) is 4.60. The summed E-state index contributed by atoms with van der Waals surface area (Å²) in [6, 6.07) is 11.9. The Labute approximate surface area is 179 Å². The molecule has 1 N–H and O–H groups in total. The summed E-state index contributed by atoms with van der Waals surface area (Å²) in [7, 11) is 0. The molecule has 2 aromatic rings. The lowest BCUT2D eigenvalue weighted by Gasteiger charge is -2.25. The number of nitrogens with zero attached hydrogens (tertiary/aromatic N) is 1. The normalized spacial score (nSPS) is 13.9. The van der Waals surface area contributed by atoms with Gasteiger partial charge in [-0.2, -0.15) is 0 Å². The van der Waals surface area contributed by atoms with Crippen molar-refractivity contribution in [1.82, 2.24) is 4.90 Å². The van der Waals surface area contributed by atoms with E-state index in [1.165, 1.54) is 0 Å². The van der Waals surface area contributed by atoms with Crippen molar-refractivity contribution in [3.8, 4) is 0 Å². The molecule has 7 nitrogen and oxygen atoms in total. The van der Waals surface area contributed by atoms with Crippen LogP contribution in [0.15, 0.2) is 48.5 Å². The van der Waals surface area contributed by atoms with Crippen molar-refractivity contribution in [3.05, 3.63) is 64.7 Å². The van der Waals surface area contributed by atoms with Crippen LogP contribution in [0.5, 0.6) is 0 Å². The minimum absolute atomic E-state index is 0.00353. The van der Waals surface area contributed by atoms with Gasteiger partial charge in [-0.15, -0.1) is 0 Å². The number of carbonyl (C=O) groups excluding carboxylic acids is 4. The van der Waals surface area contributed by atoms with E-state index >= 15 is 0 Å². The molecule has 1 atom stereocenters. The van der Waals surface area contributed by atoms with Crippen molar-refractivity contribution in [2.45, 2.75) is 26.3 Å². The topological polar surface area (TPSA) is 92.8 Å². The Morgan fingerprint density at radius 3 is 2.13 bits per heavy atom. The van der Waals surface area contributed by atoms with E-state index in [2.05, 4.69) is 5.32 Å². The molecule has 156 valence electrons. The van der Waals surface area contributed by atoms with Crippen molar-refractivity contribution >= 4 is 41.0 Å². The molecule has 0 bridgehead atoms. The van der Waals surface area contributed by atoms with E-state index in [1.54, 1.807) is 48.5 Å². The molecule has 3 rings (SSSR count). The van der Waals surface area contributed by atoms with Gasteiger partial charge in [-0.3, -0.25) is 19.3 Å². The highest BCUT2D eigenvalue weighted by Gasteiger charge is 2.43. The van der Waals surface area contributed by atoms with Crippen molar-refractivity contribution in [1.29, 1.82) is 0 Å². The molecule has 0 fully saturated rings. The number of esters is 1. The predicted molar refractivity (Wildman–Crippen MR) is 111 cm³/mol. The summed E-state index contributed by atoms with van der Waals surface area (Å²) in [4.78, 5) is 51.3. The van der Waals surface area contributed by atoms with Crippen LogP contribution in [0.1, 0.15) is 41.0 Å². The second-order valence-corrected chi connectivity index (χ2v) is 7.71. The number of hydrogen-bond acceptors (Lipinski definition) is 5. The Kier molecular flexibility index (Phi) is 6.52. The summed E-state index contributed by atoms with van der Waals surface area (Å²) in [6.45, 7) is 3.16. The third-order valence-corrected chi connectivity index (χ3v) is 4.93. The van der Waals surface area contributed by atoms with Gasteiger partial charge in [-0.25, -0.2) is 4.79 Å². The molecule has 8 heteroatoms. The third kappa shape index (κ3) is 4.52. The molecule has 0 saturated heterocycles. The second-order valence-electron chi connectivity index (χ2n) is 7.31. The fraction of sp³-hybridized carbons (Fsp3) is 0.273. The molecular weight excluding hydrogens is 408 g/mol. The Hall–Kier alpha value is -3.19. The molecule has 0 unspecified atom stereocenters. The van der Waals surface area contributed by atoms with E-state index in [4.69, 9.17) is 16.3 Å². The standard InChI is InChI=1S/C22H21ClN2O5/c1-13(2)11-18(25-20(27)14-7-3-4-8-15(14)21(25)28)22(29)30-12-19(26)24-17-10-6-5-9-16(17)23/h3-10,13,18H,11-12H2,1-2H3,(H,24,26)/t18-/m1/s1. The van der Waals surface area contributed by atoms with Gasteiger partial charge in [0.25, 0.3) is 17.7 Å². The summed E-state index contributed by atoms with van der Waals surface area (Å²) >= 11 is 6.00. The number of rotatable bonds is 7. The molecule has 0 radical (unpaired) electrons. The summed E-state index contributed by atoms with van der Waals surface area (Å²) in [5, 5.41) is 2.90. The van der Waals surface area contributed by atoms with Crippen LogP contribution in [0.25, 0.3) is 0 Å². The van der Waals surface area contributed by atoms with E-state index in [9.17, 15) is 19.2 Å². The summed E-state index contributed by atoms with van der Waals surface area (Å²) in [5.41, 5.74) is 0.889. The van der Waals surface area contributed by atoms with Gasteiger partial charge in [0.2, 0.25) is 0 Å². The monoisotopic (exact) mass is 428 g/mol. The van der Waals surface area contributed by atoms with Crippen LogP contribution < -0.4 is 5.32 Å². The molecule has 1 aliphatic heterocycles. The first-order chi connectivity index (χ1) is 14.3. The average molecular weight is 429 g/mol. The Balaban J connectivity index is 1.71. The smallest absolute Gasteiger partial charge is 0.329 e. The lowest BCUT2D eigenvalue weighted by Crippen LogP contribution is -2.46. The molecule has 0 aliphatic carbocycles. The van der Waals surface area contributed by atoms with Crippen molar-refractivity contribution in [3.63, 3.8) is 0 Å². The number of amides is 3. The van der Waals surface area contributed by atoms with E-state index in [1.807, 2.05) is 13.8 Å². The number of ether oxygens (including phenoxy) is 1. The number of imide groups is 1. The van der Waals surface area contributed by atoms with Crippen molar-refractivity contribution < 1.29 is 23.9 Å². The minimum atomic E-state index is -1.12. The van der Waals surface area contributed by atoms with Gasteiger partial charge in [-0.1, -0.05) is 49.7 Å². The zero-order valence-electron chi connectivity index (χ0n) is 16.6. The lowest BCUT2D eigenvalue weighted by molar-refractivity contribution is -0.151. The fourth-order valence-electron chi connectivity index (χ4n) is 3.23. The largest absolute Gasteiger partial charge is 0.454 e. The highest BCUT2D eigenvalue weighted by atomic mass is 35.5. The van der Waals surface area contributed by atoms with Crippen LogP contribution in [0.4, 0.5) is 5.69 Å². The number of halogens is 1. The van der Waals surface area contributed by atoms with Gasteiger partial charge in [0.15, 0.2) is 6.61 Å². The molecule has 30 heavy (non-hydrogen) atoms. The van der Waals surface area contributed by atoms with E-state index in [0.717, 1.165) is 4.90 Å². The van der Waals surface area contributed by atoms with Gasteiger partial charge in [0.05, 0.1) is 21.8 Å². The zero-order chi connectivity index (χ0) is 21.8. The number of anilines is 1. The first-order valence-corrected chi connectivity index (χ1v) is 9.85. The number of fused-ring (bicyclic) bond motifs is 1. The maximum Gasteiger partial charge on any atom is 0.329 e. The SMILES string of the molecule is CC(C)C[C@H](C(=O)OCC(=O)Nc1ccccc1Cl)N1C(=O)c2ccccc2C1=O. The molecule has 2 aromatic carbocycles. The number of nitrogens with one attached hydrogen (secondary N) is 1. The predicted octanol–water partition coefficient (Wildman–Crippen LogP) is 3.53. The van der Waals surface area contributed by atoms with Crippen LogP contribution in [0.3, 0.4) is 0 Å². The molecule has 1 heterocycles. The molecule has 0 saturated carbocycles. The lowest BCUT2D eigenvalue weighted by atomic mass is 10.0. The van der Waals surface area contributed by atoms with E-state index < -0.39 is 36.3 Å². The first kappa shape index (κ1) is 21.5. The molecule has 1 aliphatic rings. The quantitative estimate of drug-likeness (QED) is 0.538. The number of carbonyl (C=O) groups is 4.